The van der Waals surface area contributed by atoms with Gasteiger partial charge in [-0.1, -0.05) is 19.9 Å². The van der Waals surface area contributed by atoms with Gasteiger partial charge in [0, 0.05) is 63.8 Å². The molecule has 0 aliphatic carbocycles. The minimum absolute atomic E-state index is 0.329. The second-order valence-electron chi connectivity index (χ2n) is 6.74. The number of anilines is 1. The van der Waals surface area contributed by atoms with Gasteiger partial charge < -0.3 is 15.1 Å². The zero-order valence-electron chi connectivity index (χ0n) is 15.6. The van der Waals surface area contributed by atoms with Crippen molar-refractivity contribution in [2.24, 2.45) is 7.05 Å². The predicted octanol–water partition coefficient (Wildman–Crippen LogP) is 2.20. The molecule has 2 aromatic rings. The van der Waals surface area contributed by atoms with Crippen molar-refractivity contribution in [3.8, 4) is 0 Å². The molecule has 3 rings (SSSR count). The summed E-state index contributed by atoms with van der Waals surface area (Å²) in [6.07, 6.45) is 7.07. The van der Waals surface area contributed by atoms with Crippen LogP contribution in [0, 0.1) is 0 Å². The van der Waals surface area contributed by atoms with Crippen LogP contribution in [0.25, 0.3) is 0 Å². The monoisotopic (exact) mass is 342 g/mol. The quantitative estimate of drug-likeness (QED) is 0.836. The molecule has 1 aliphatic rings. The largest absolute Gasteiger partial charge is 0.354 e. The molecule has 1 atom stereocenters. The Morgan fingerprint density at radius 3 is 2.48 bits per heavy atom. The first-order chi connectivity index (χ1) is 12.2. The van der Waals surface area contributed by atoms with Crippen LogP contribution >= 0.6 is 0 Å². The molecule has 25 heavy (non-hydrogen) atoms. The van der Waals surface area contributed by atoms with Gasteiger partial charge in [0.05, 0.1) is 6.20 Å². The fourth-order valence-corrected chi connectivity index (χ4v) is 3.36. The van der Waals surface area contributed by atoms with E-state index >= 15 is 0 Å². The highest BCUT2D eigenvalue weighted by molar-refractivity contribution is 5.40. The summed E-state index contributed by atoms with van der Waals surface area (Å²) in [4.78, 5) is 9.55. The van der Waals surface area contributed by atoms with Gasteiger partial charge in [0.25, 0.3) is 0 Å². The normalized spacial score (nSPS) is 17.0. The fourth-order valence-electron chi connectivity index (χ4n) is 3.36. The van der Waals surface area contributed by atoms with E-state index in [9.17, 15) is 0 Å². The lowest BCUT2D eigenvalue weighted by molar-refractivity contribution is 0.270. The number of pyridine rings is 1. The second-order valence-corrected chi connectivity index (χ2v) is 6.74. The van der Waals surface area contributed by atoms with Gasteiger partial charge in [0.15, 0.2) is 0 Å². The Bertz CT molecular complexity index is 642. The Morgan fingerprint density at radius 1 is 1.12 bits per heavy atom. The molecule has 0 amide bonds. The van der Waals surface area contributed by atoms with Gasteiger partial charge in [-0.15, -0.1) is 0 Å². The molecule has 6 heteroatoms. The van der Waals surface area contributed by atoms with E-state index in [4.69, 9.17) is 0 Å². The summed E-state index contributed by atoms with van der Waals surface area (Å²) in [6, 6.07) is 4.68. The van der Waals surface area contributed by atoms with Crippen LogP contribution in [0.4, 0.5) is 5.82 Å². The van der Waals surface area contributed by atoms with Crippen LogP contribution in [-0.4, -0.2) is 52.4 Å². The smallest absolute Gasteiger partial charge is 0.128 e. The van der Waals surface area contributed by atoms with Gasteiger partial charge in [0.2, 0.25) is 0 Å². The van der Waals surface area contributed by atoms with Crippen molar-refractivity contribution >= 4 is 5.82 Å². The summed E-state index contributed by atoms with van der Waals surface area (Å²) < 4.78 is 1.86. The third-order valence-electron chi connectivity index (χ3n) is 5.04. The van der Waals surface area contributed by atoms with Crippen molar-refractivity contribution in [3.05, 3.63) is 41.9 Å². The van der Waals surface area contributed by atoms with Gasteiger partial charge in [0.1, 0.15) is 5.82 Å². The lowest BCUT2D eigenvalue weighted by atomic mass is 10.1. The molecule has 136 valence electrons. The van der Waals surface area contributed by atoms with Gasteiger partial charge >= 0.3 is 0 Å². The van der Waals surface area contributed by atoms with Crippen molar-refractivity contribution in [1.82, 2.24) is 25.0 Å². The fraction of sp³-hybridized carbons (Fsp3) is 0.579. The summed E-state index contributed by atoms with van der Waals surface area (Å²) in [6.45, 7) is 10.8. The molecule has 0 aromatic carbocycles. The summed E-state index contributed by atoms with van der Waals surface area (Å²) in [5.41, 5.74) is 2.46. The van der Waals surface area contributed by atoms with Crippen molar-refractivity contribution < 1.29 is 0 Å². The Kier molecular flexibility index (Phi) is 6.04. The molecule has 1 aliphatic heterocycles. The van der Waals surface area contributed by atoms with Gasteiger partial charge in [-0.2, -0.15) is 5.10 Å². The number of nitrogens with zero attached hydrogens (tertiary/aromatic N) is 5. The molecule has 0 unspecified atom stereocenters. The lowest BCUT2D eigenvalue weighted by Gasteiger charge is -2.34. The number of rotatable bonds is 7. The molecular formula is C19H30N6. The number of hydrogen-bond acceptors (Lipinski definition) is 5. The number of nitrogens with one attached hydrogen (secondary N) is 1. The topological polar surface area (TPSA) is 49.2 Å². The minimum atomic E-state index is 0.329. The molecule has 0 radical (unpaired) electrons. The van der Waals surface area contributed by atoms with Crippen LogP contribution in [0.1, 0.15) is 37.4 Å². The van der Waals surface area contributed by atoms with Crippen LogP contribution in [0.3, 0.4) is 0 Å². The summed E-state index contributed by atoms with van der Waals surface area (Å²) in [5, 5.41) is 7.88. The first kappa shape index (κ1) is 17.9. The maximum atomic E-state index is 4.68. The summed E-state index contributed by atoms with van der Waals surface area (Å²) >= 11 is 0. The minimum Gasteiger partial charge on any atom is -0.354 e. The van der Waals surface area contributed by atoms with Crippen molar-refractivity contribution in [2.75, 3.05) is 37.6 Å². The molecule has 0 bridgehead atoms. The van der Waals surface area contributed by atoms with Crippen LogP contribution in [0.15, 0.2) is 30.7 Å². The standard InChI is InChI=1S/C19H30N6/c1-4-18(17-14-22-23(3)15-17)20-12-16-6-7-19(21-13-16)25-10-8-24(5-2)9-11-25/h6-7,13-15,18,20H,4-5,8-12H2,1-3H3/t18-/m0/s1. The summed E-state index contributed by atoms with van der Waals surface area (Å²) in [5.74, 6) is 1.10. The molecule has 2 aromatic heterocycles. The predicted molar refractivity (Wildman–Crippen MR) is 102 cm³/mol. The highest BCUT2D eigenvalue weighted by atomic mass is 15.3. The van der Waals surface area contributed by atoms with E-state index in [-0.39, 0.29) is 0 Å². The molecule has 1 N–H and O–H groups in total. The average molecular weight is 342 g/mol. The molecular weight excluding hydrogens is 312 g/mol. The number of aryl methyl sites for hydroxylation is 1. The number of piperazine rings is 1. The maximum absolute atomic E-state index is 4.68. The van der Waals surface area contributed by atoms with Crippen molar-refractivity contribution in [1.29, 1.82) is 0 Å². The SMILES string of the molecule is CC[C@H](NCc1ccc(N2CCN(CC)CC2)nc1)c1cnn(C)c1. The Balaban J connectivity index is 1.54. The van der Waals surface area contributed by atoms with E-state index in [1.165, 1.54) is 11.1 Å². The molecule has 0 saturated carbocycles. The highest BCUT2D eigenvalue weighted by Crippen LogP contribution is 2.17. The highest BCUT2D eigenvalue weighted by Gasteiger charge is 2.16. The zero-order valence-corrected chi connectivity index (χ0v) is 15.6. The van der Waals surface area contributed by atoms with Crippen LogP contribution in [0.5, 0.6) is 0 Å². The Morgan fingerprint density at radius 2 is 1.92 bits per heavy atom. The first-order valence-electron chi connectivity index (χ1n) is 9.33. The van der Waals surface area contributed by atoms with Crippen LogP contribution in [0.2, 0.25) is 0 Å². The van der Waals surface area contributed by atoms with Gasteiger partial charge in [-0.3, -0.25) is 4.68 Å². The van der Waals surface area contributed by atoms with Crippen molar-refractivity contribution in [2.45, 2.75) is 32.9 Å². The third kappa shape index (κ3) is 4.58. The molecule has 0 spiro atoms. The first-order valence-corrected chi connectivity index (χ1v) is 9.33. The van der Waals surface area contributed by atoms with E-state index in [0.717, 1.165) is 51.5 Å². The molecule has 1 saturated heterocycles. The molecule has 3 heterocycles. The van der Waals surface area contributed by atoms with E-state index in [2.05, 4.69) is 57.4 Å². The Hall–Kier alpha value is -1.92. The van der Waals surface area contributed by atoms with Crippen LogP contribution in [-0.2, 0) is 13.6 Å². The van der Waals surface area contributed by atoms with E-state index in [1.807, 2.05) is 24.1 Å². The maximum Gasteiger partial charge on any atom is 0.128 e. The van der Waals surface area contributed by atoms with Crippen LogP contribution < -0.4 is 10.2 Å². The average Bonchev–Trinajstić information content (AvgIpc) is 3.09. The van der Waals surface area contributed by atoms with E-state index in [0.29, 0.717) is 6.04 Å². The molecule has 6 nitrogen and oxygen atoms in total. The number of aromatic nitrogens is 3. The zero-order chi connectivity index (χ0) is 17.6. The van der Waals surface area contributed by atoms with E-state index in [1.54, 1.807) is 0 Å². The van der Waals surface area contributed by atoms with Crippen molar-refractivity contribution in [3.63, 3.8) is 0 Å². The third-order valence-corrected chi connectivity index (χ3v) is 5.04. The van der Waals surface area contributed by atoms with E-state index < -0.39 is 0 Å². The van der Waals surface area contributed by atoms with Gasteiger partial charge in [-0.05, 0) is 24.6 Å². The second kappa shape index (κ2) is 8.45. The number of hydrogen-bond donors (Lipinski definition) is 1. The lowest BCUT2D eigenvalue weighted by Crippen LogP contribution is -2.46. The Labute approximate surface area is 150 Å². The molecule has 1 fully saturated rings. The number of likely N-dealkylation sites (N-methyl/N-ethyl adjacent to an activating group) is 1. The van der Waals surface area contributed by atoms with Gasteiger partial charge in [-0.25, -0.2) is 4.98 Å². The summed E-state index contributed by atoms with van der Waals surface area (Å²) in [7, 11) is 1.96.